The average Bonchev–Trinajstić information content (AvgIpc) is 2.73. The third kappa shape index (κ3) is 2.46. The average molecular weight is 312 g/mol. The van der Waals surface area contributed by atoms with Gasteiger partial charge in [-0.25, -0.2) is 9.18 Å². The second-order valence-corrected chi connectivity index (χ2v) is 4.53. The van der Waals surface area contributed by atoms with Gasteiger partial charge in [0.1, 0.15) is 11.5 Å². The number of hydrogen-bond donors (Lipinski definition) is 1. The van der Waals surface area contributed by atoms with E-state index in [1.165, 1.54) is 0 Å². The number of carbonyl (C=O) groups excluding carboxylic acids is 1. The van der Waals surface area contributed by atoms with Crippen LogP contribution in [0.3, 0.4) is 0 Å². The second-order valence-electron chi connectivity index (χ2n) is 3.61. The van der Waals surface area contributed by atoms with Crippen LogP contribution in [-0.4, -0.2) is 17.6 Å². The zero-order valence-electron chi connectivity index (χ0n) is 9.67. The molecule has 0 spiro atoms. The normalized spacial score (nSPS) is 10.4. The highest BCUT2D eigenvalue weighted by molar-refractivity contribution is 9.10. The van der Waals surface area contributed by atoms with Crippen molar-refractivity contribution in [1.82, 2.24) is 4.98 Å². The van der Waals surface area contributed by atoms with Crippen LogP contribution < -0.4 is 0 Å². The monoisotopic (exact) mass is 311 g/mol. The van der Waals surface area contributed by atoms with Crippen LogP contribution in [0.25, 0.3) is 11.1 Å². The number of halogens is 2. The maximum Gasteiger partial charge on any atom is 0.355 e. The van der Waals surface area contributed by atoms with Gasteiger partial charge < -0.3 is 9.72 Å². The summed E-state index contributed by atoms with van der Waals surface area (Å²) in [5.74, 6) is -1.03. The summed E-state index contributed by atoms with van der Waals surface area (Å²) >= 11 is 3.31. The number of esters is 1. The number of ether oxygens (including phenoxy) is 1. The summed E-state index contributed by atoms with van der Waals surface area (Å²) in [5, 5.41) is 0. The molecule has 1 aromatic carbocycles. The number of nitrogens with one attached hydrogen (secondary N) is 1. The molecule has 5 heteroatoms. The fourth-order valence-corrected chi connectivity index (χ4v) is 1.93. The van der Waals surface area contributed by atoms with E-state index < -0.39 is 11.8 Å². The minimum atomic E-state index is -0.556. The van der Waals surface area contributed by atoms with Crippen molar-refractivity contribution in [3.8, 4) is 11.1 Å². The lowest BCUT2D eigenvalue weighted by Crippen LogP contribution is -2.06. The van der Waals surface area contributed by atoms with E-state index in [1.807, 2.05) is 0 Å². The van der Waals surface area contributed by atoms with Crippen molar-refractivity contribution in [2.45, 2.75) is 6.92 Å². The van der Waals surface area contributed by atoms with Crippen molar-refractivity contribution < 1.29 is 13.9 Å². The van der Waals surface area contributed by atoms with E-state index >= 15 is 0 Å². The summed E-state index contributed by atoms with van der Waals surface area (Å²) in [4.78, 5) is 14.3. The van der Waals surface area contributed by atoms with Crippen LogP contribution in [0.15, 0.2) is 34.9 Å². The zero-order chi connectivity index (χ0) is 13.1. The summed E-state index contributed by atoms with van der Waals surface area (Å²) in [6.45, 7) is 1.95. The number of aromatic amines is 1. The molecule has 1 heterocycles. The molecule has 0 saturated carbocycles. The summed E-state index contributed by atoms with van der Waals surface area (Å²) in [6.07, 6.45) is 1.16. The molecule has 94 valence electrons. The molecule has 0 bridgehead atoms. The van der Waals surface area contributed by atoms with Gasteiger partial charge in [0.25, 0.3) is 0 Å². The molecule has 2 rings (SSSR count). The lowest BCUT2D eigenvalue weighted by Gasteiger charge is -2.04. The molecule has 0 aliphatic rings. The predicted octanol–water partition coefficient (Wildman–Crippen LogP) is 3.76. The highest BCUT2D eigenvalue weighted by Gasteiger charge is 2.20. The highest BCUT2D eigenvalue weighted by Crippen LogP contribution is 2.28. The number of carbonyl (C=O) groups is 1. The predicted molar refractivity (Wildman–Crippen MR) is 69.8 cm³/mol. The van der Waals surface area contributed by atoms with Crippen LogP contribution in [0.2, 0.25) is 0 Å². The van der Waals surface area contributed by atoms with Crippen LogP contribution in [0.4, 0.5) is 4.39 Å². The Bertz CT molecular complexity index is 563. The van der Waals surface area contributed by atoms with E-state index in [2.05, 4.69) is 20.9 Å². The summed E-state index contributed by atoms with van der Waals surface area (Å²) in [6, 6.07) is 7.05. The zero-order valence-corrected chi connectivity index (χ0v) is 11.3. The smallest absolute Gasteiger partial charge is 0.355 e. The molecular formula is C13H11BrFNO2. The molecular weight excluding hydrogens is 301 g/mol. The first-order chi connectivity index (χ1) is 8.63. The third-order valence-electron chi connectivity index (χ3n) is 2.44. The van der Waals surface area contributed by atoms with Crippen molar-refractivity contribution in [3.63, 3.8) is 0 Å². The Hall–Kier alpha value is -1.62. The van der Waals surface area contributed by atoms with Gasteiger partial charge in [0.2, 0.25) is 0 Å². The minimum absolute atomic E-state index is 0.136. The van der Waals surface area contributed by atoms with Crippen molar-refractivity contribution in [2.75, 3.05) is 6.61 Å². The topological polar surface area (TPSA) is 42.1 Å². The van der Waals surface area contributed by atoms with Crippen molar-refractivity contribution in [2.24, 2.45) is 0 Å². The maximum absolute atomic E-state index is 13.7. The minimum Gasteiger partial charge on any atom is -0.461 e. The van der Waals surface area contributed by atoms with E-state index in [4.69, 9.17) is 4.74 Å². The Morgan fingerprint density at radius 2 is 2.06 bits per heavy atom. The van der Waals surface area contributed by atoms with Crippen molar-refractivity contribution in [3.05, 3.63) is 46.4 Å². The number of benzene rings is 1. The van der Waals surface area contributed by atoms with Crippen LogP contribution in [0.5, 0.6) is 0 Å². The molecule has 0 atom stereocenters. The summed E-state index contributed by atoms with van der Waals surface area (Å²) in [7, 11) is 0. The van der Waals surface area contributed by atoms with Gasteiger partial charge in [-0.05, 0) is 24.6 Å². The van der Waals surface area contributed by atoms with E-state index in [9.17, 15) is 9.18 Å². The molecule has 0 fully saturated rings. The molecule has 0 aliphatic carbocycles. The Morgan fingerprint density at radius 3 is 2.67 bits per heavy atom. The second kappa shape index (κ2) is 5.35. The molecule has 0 aliphatic heterocycles. The Labute approximate surface area is 112 Å². The summed E-state index contributed by atoms with van der Waals surface area (Å²) in [5.41, 5.74) is 0.998. The van der Waals surface area contributed by atoms with Gasteiger partial charge in [0.05, 0.1) is 6.61 Å². The van der Waals surface area contributed by atoms with Gasteiger partial charge in [0.15, 0.2) is 0 Å². The van der Waals surface area contributed by atoms with Gasteiger partial charge >= 0.3 is 5.97 Å². The number of H-pyrrole nitrogens is 1. The molecule has 0 unspecified atom stereocenters. The van der Waals surface area contributed by atoms with Crippen molar-refractivity contribution in [1.29, 1.82) is 0 Å². The van der Waals surface area contributed by atoms with E-state index in [0.29, 0.717) is 5.56 Å². The molecule has 1 aromatic heterocycles. The van der Waals surface area contributed by atoms with Gasteiger partial charge in [-0.3, -0.25) is 0 Å². The number of hydrogen-bond acceptors (Lipinski definition) is 2. The highest BCUT2D eigenvalue weighted by atomic mass is 79.9. The summed E-state index contributed by atoms with van der Waals surface area (Å²) < 4.78 is 19.5. The first-order valence-corrected chi connectivity index (χ1v) is 6.22. The van der Waals surface area contributed by atoms with Gasteiger partial charge in [-0.15, -0.1) is 0 Å². The first kappa shape index (κ1) is 12.8. The fourth-order valence-electron chi connectivity index (χ4n) is 1.66. The van der Waals surface area contributed by atoms with E-state index in [1.54, 1.807) is 31.2 Å². The van der Waals surface area contributed by atoms with Crippen LogP contribution in [0.1, 0.15) is 17.4 Å². The largest absolute Gasteiger partial charge is 0.461 e. The Balaban J connectivity index is 2.46. The van der Waals surface area contributed by atoms with Crippen LogP contribution in [0, 0.1) is 5.82 Å². The Kier molecular flexibility index (Phi) is 3.81. The lowest BCUT2D eigenvalue weighted by atomic mass is 10.1. The van der Waals surface area contributed by atoms with E-state index in [0.717, 1.165) is 10.7 Å². The lowest BCUT2D eigenvalue weighted by molar-refractivity contribution is 0.0521. The van der Waals surface area contributed by atoms with Crippen LogP contribution in [-0.2, 0) is 4.74 Å². The fraction of sp³-hybridized carbons (Fsp3) is 0.154. The quantitative estimate of drug-likeness (QED) is 0.877. The molecule has 3 nitrogen and oxygen atoms in total. The molecule has 0 amide bonds. The molecule has 0 radical (unpaired) electrons. The van der Waals surface area contributed by atoms with Gasteiger partial charge in [-0.1, -0.05) is 28.1 Å². The van der Waals surface area contributed by atoms with E-state index in [-0.39, 0.29) is 17.9 Å². The number of aromatic nitrogens is 1. The van der Waals surface area contributed by atoms with Crippen molar-refractivity contribution >= 4 is 21.9 Å². The molecule has 0 saturated heterocycles. The number of rotatable bonds is 3. The third-order valence-corrected chi connectivity index (χ3v) is 2.97. The maximum atomic E-state index is 13.7. The molecule has 18 heavy (non-hydrogen) atoms. The van der Waals surface area contributed by atoms with Gasteiger partial charge in [0, 0.05) is 16.2 Å². The molecule has 2 aromatic rings. The van der Waals surface area contributed by atoms with Crippen LogP contribution >= 0.6 is 15.9 Å². The SMILES string of the molecule is CCOC(=O)c1[nH]cc(F)c1-c1ccc(Br)cc1. The molecule has 1 N–H and O–H groups in total. The first-order valence-electron chi connectivity index (χ1n) is 5.43. The Morgan fingerprint density at radius 1 is 1.39 bits per heavy atom. The van der Waals surface area contributed by atoms with Gasteiger partial charge in [-0.2, -0.15) is 0 Å². The standard InChI is InChI=1S/C13H11BrFNO2/c1-2-18-13(17)12-11(10(15)7-16-12)8-3-5-9(14)6-4-8/h3-7,16H,2H2,1H3.